The Labute approximate surface area is 217 Å². The van der Waals surface area contributed by atoms with E-state index in [1.807, 2.05) is 17.0 Å². The molecule has 1 fully saturated rings. The van der Waals surface area contributed by atoms with Gasteiger partial charge in [-0.1, -0.05) is 36.4 Å². The average molecular weight is 541 g/mol. The zero-order valence-corrected chi connectivity index (χ0v) is 20.8. The fourth-order valence-corrected chi connectivity index (χ4v) is 5.73. The molecular weight excluding hydrogens is 517 g/mol. The molecule has 12 heteroatoms. The van der Waals surface area contributed by atoms with Crippen molar-refractivity contribution in [3.05, 3.63) is 84.9 Å². The van der Waals surface area contributed by atoms with Crippen LogP contribution in [0.3, 0.4) is 0 Å². The number of aromatic nitrogens is 3. The van der Waals surface area contributed by atoms with E-state index in [1.165, 1.54) is 18.3 Å². The van der Waals surface area contributed by atoms with Gasteiger partial charge in [-0.25, -0.2) is 28.5 Å². The number of anilines is 2. The lowest BCUT2D eigenvalue weighted by molar-refractivity contribution is -0.139. The zero-order chi connectivity index (χ0) is 26.9. The highest BCUT2D eigenvalue weighted by molar-refractivity contribution is 7.89. The Morgan fingerprint density at radius 1 is 0.816 bits per heavy atom. The van der Waals surface area contributed by atoms with Crippen LogP contribution in [-0.4, -0.2) is 49.5 Å². The van der Waals surface area contributed by atoms with Crippen LogP contribution in [0, 0.1) is 0 Å². The minimum atomic E-state index is -5.04. The average Bonchev–Trinajstić information content (AvgIpc) is 2.92. The molecule has 0 amide bonds. The highest BCUT2D eigenvalue weighted by Gasteiger charge is 2.43. The van der Waals surface area contributed by atoms with Crippen molar-refractivity contribution in [2.24, 2.45) is 5.14 Å². The molecule has 0 spiro atoms. The Bertz CT molecular complexity index is 1530. The number of benzene rings is 2. The first-order chi connectivity index (χ1) is 18.1. The largest absolute Gasteiger partial charge is 0.418 e. The number of alkyl halides is 3. The van der Waals surface area contributed by atoms with Gasteiger partial charge >= 0.3 is 6.18 Å². The third-order valence-corrected chi connectivity index (χ3v) is 7.30. The van der Waals surface area contributed by atoms with E-state index in [9.17, 15) is 21.6 Å². The molecule has 0 radical (unpaired) electrons. The lowest BCUT2D eigenvalue weighted by atomic mass is 9.93. The van der Waals surface area contributed by atoms with Crippen molar-refractivity contribution >= 4 is 21.5 Å². The van der Waals surface area contributed by atoms with Gasteiger partial charge in [0.05, 0.1) is 16.9 Å². The number of sulfonamides is 1. The molecule has 0 atom stereocenters. The second kappa shape index (κ2) is 10.0. The highest BCUT2D eigenvalue weighted by atomic mass is 32.2. The summed E-state index contributed by atoms with van der Waals surface area (Å²) in [4.78, 5) is 14.8. The van der Waals surface area contributed by atoms with Gasteiger partial charge < -0.3 is 9.80 Å². The molecule has 0 saturated carbocycles. The first kappa shape index (κ1) is 25.6. The predicted octanol–water partition coefficient (Wildman–Crippen LogP) is 4.20. The maximum atomic E-state index is 14.7. The first-order valence-corrected chi connectivity index (χ1v) is 13.2. The summed E-state index contributed by atoms with van der Waals surface area (Å²) >= 11 is 0. The maximum Gasteiger partial charge on any atom is 0.418 e. The van der Waals surface area contributed by atoms with Crippen molar-refractivity contribution in [3.8, 4) is 22.4 Å². The predicted molar refractivity (Wildman–Crippen MR) is 138 cm³/mol. The molecule has 1 aliphatic rings. The summed E-state index contributed by atoms with van der Waals surface area (Å²) in [5.74, 6) is 0.734. The van der Waals surface area contributed by atoms with Crippen LogP contribution >= 0.6 is 0 Å². The number of pyridine rings is 1. The van der Waals surface area contributed by atoms with Crippen molar-refractivity contribution < 1.29 is 21.6 Å². The zero-order valence-electron chi connectivity index (χ0n) is 20.0. The number of nitrogens with zero attached hydrogens (tertiary/aromatic N) is 5. The van der Waals surface area contributed by atoms with E-state index in [1.54, 1.807) is 47.5 Å². The number of hydrogen-bond donors (Lipinski definition) is 1. The second-order valence-electron chi connectivity index (χ2n) is 8.69. The lowest BCUT2D eigenvalue weighted by Gasteiger charge is -2.39. The second-order valence-corrected chi connectivity index (χ2v) is 10.2. The molecular formula is C26H23F3N6O2S. The van der Waals surface area contributed by atoms with Crippen LogP contribution in [0.4, 0.5) is 24.7 Å². The van der Waals surface area contributed by atoms with E-state index in [0.29, 0.717) is 24.2 Å². The van der Waals surface area contributed by atoms with E-state index in [2.05, 4.69) is 15.0 Å². The SMILES string of the molecule is NS(=O)(=O)c1c(N2CCN(c3ccccn3)CC2)c(-c2ccccc2)cc(-c2ccncn2)c1C(F)(F)F. The summed E-state index contributed by atoms with van der Waals surface area (Å²) < 4.78 is 70.1. The monoisotopic (exact) mass is 540 g/mol. The molecule has 4 aromatic rings. The van der Waals surface area contributed by atoms with Gasteiger partial charge in [-0.3, -0.25) is 0 Å². The topological polar surface area (TPSA) is 105 Å². The van der Waals surface area contributed by atoms with Gasteiger partial charge in [0.25, 0.3) is 0 Å². The van der Waals surface area contributed by atoms with Gasteiger partial charge in [-0.15, -0.1) is 0 Å². The van der Waals surface area contributed by atoms with Gasteiger partial charge in [0.1, 0.15) is 17.0 Å². The maximum absolute atomic E-state index is 14.7. The fraction of sp³-hybridized carbons (Fsp3) is 0.192. The molecule has 0 bridgehead atoms. The van der Waals surface area contributed by atoms with Gasteiger partial charge in [0.2, 0.25) is 10.0 Å². The van der Waals surface area contributed by atoms with Gasteiger partial charge in [-0.05, 0) is 29.8 Å². The Hall–Kier alpha value is -4.03. The van der Waals surface area contributed by atoms with Crippen LogP contribution in [-0.2, 0) is 16.2 Å². The summed E-state index contributed by atoms with van der Waals surface area (Å²) in [7, 11) is -4.85. The third kappa shape index (κ3) is 5.04. The molecule has 196 valence electrons. The molecule has 38 heavy (non-hydrogen) atoms. The molecule has 1 aliphatic heterocycles. The fourth-order valence-electron chi connectivity index (χ4n) is 4.71. The van der Waals surface area contributed by atoms with Gasteiger partial charge in [0, 0.05) is 49.7 Å². The Kier molecular flexibility index (Phi) is 6.76. The molecule has 2 N–H and O–H groups in total. The van der Waals surface area contributed by atoms with Crippen molar-refractivity contribution in [3.63, 3.8) is 0 Å². The third-order valence-electron chi connectivity index (χ3n) is 6.34. The van der Waals surface area contributed by atoms with Gasteiger partial charge in [0.15, 0.2) is 0 Å². The molecule has 0 aliphatic carbocycles. The van der Waals surface area contributed by atoms with Gasteiger partial charge in [-0.2, -0.15) is 13.2 Å². The number of halogens is 3. The van der Waals surface area contributed by atoms with Crippen molar-refractivity contribution in [2.75, 3.05) is 36.0 Å². The standard InChI is InChI=1S/C26H23F3N6O2S/c27-26(28,29)23-20(21-9-11-31-17-33-21)16-19(18-6-2-1-3-7-18)24(25(23)38(30,36)37)35-14-12-34(13-15-35)22-8-4-5-10-32-22/h1-11,16-17H,12-15H2,(H2,30,36,37). The van der Waals surface area contributed by atoms with Crippen LogP contribution in [0.25, 0.3) is 22.4 Å². The van der Waals surface area contributed by atoms with Crippen molar-refractivity contribution in [2.45, 2.75) is 11.1 Å². The van der Waals surface area contributed by atoms with E-state index >= 15 is 0 Å². The van der Waals surface area contributed by atoms with E-state index in [-0.39, 0.29) is 24.5 Å². The Morgan fingerprint density at radius 2 is 1.50 bits per heavy atom. The van der Waals surface area contributed by atoms with E-state index in [0.717, 1.165) is 12.1 Å². The summed E-state index contributed by atoms with van der Waals surface area (Å²) in [5, 5.41) is 5.57. The molecule has 5 rings (SSSR count). The van der Waals surface area contributed by atoms with Crippen LogP contribution in [0.5, 0.6) is 0 Å². The highest BCUT2D eigenvalue weighted by Crippen LogP contribution is 2.48. The summed E-state index contributed by atoms with van der Waals surface area (Å²) in [6, 6.07) is 16.8. The Balaban J connectivity index is 1.76. The summed E-state index contributed by atoms with van der Waals surface area (Å²) in [6.45, 7) is 1.35. The molecule has 3 heterocycles. The number of hydrogen-bond acceptors (Lipinski definition) is 7. The van der Waals surface area contributed by atoms with Crippen molar-refractivity contribution in [1.82, 2.24) is 15.0 Å². The quantitative estimate of drug-likeness (QED) is 0.405. The number of piperazine rings is 1. The van der Waals surface area contributed by atoms with E-state index in [4.69, 9.17) is 5.14 Å². The normalized spacial score (nSPS) is 14.5. The number of rotatable bonds is 5. The minimum absolute atomic E-state index is 0.0686. The number of nitrogens with two attached hydrogens (primary N) is 1. The minimum Gasteiger partial charge on any atom is -0.366 e. The van der Waals surface area contributed by atoms with Crippen LogP contribution < -0.4 is 14.9 Å². The smallest absolute Gasteiger partial charge is 0.366 e. The van der Waals surface area contributed by atoms with Crippen LogP contribution in [0.15, 0.2) is 84.3 Å². The summed E-state index contributed by atoms with van der Waals surface area (Å²) in [6.07, 6.45) is -0.970. The van der Waals surface area contributed by atoms with Crippen LogP contribution in [0.2, 0.25) is 0 Å². The van der Waals surface area contributed by atoms with Crippen LogP contribution in [0.1, 0.15) is 5.56 Å². The molecule has 8 nitrogen and oxygen atoms in total. The molecule has 2 aromatic heterocycles. The first-order valence-electron chi connectivity index (χ1n) is 11.7. The molecule has 0 unspecified atom stereocenters. The summed E-state index contributed by atoms with van der Waals surface area (Å²) in [5.41, 5.74) is -1.03. The molecule has 2 aromatic carbocycles. The van der Waals surface area contributed by atoms with Crippen molar-refractivity contribution in [1.29, 1.82) is 0 Å². The number of primary sulfonamides is 1. The molecule has 1 saturated heterocycles. The van der Waals surface area contributed by atoms with E-state index < -0.39 is 32.2 Å². The Morgan fingerprint density at radius 3 is 2.08 bits per heavy atom. The lowest BCUT2D eigenvalue weighted by Crippen LogP contribution is -2.47.